The summed E-state index contributed by atoms with van der Waals surface area (Å²) in [6.45, 7) is 2.59. The molecule has 2 heterocycles. The monoisotopic (exact) mass is 335 g/mol. The van der Waals surface area contributed by atoms with Crippen molar-refractivity contribution in [2.24, 2.45) is 0 Å². The lowest BCUT2D eigenvalue weighted by atomic mass is 10.2. The van der Waals surface area contributed by atoms with Crippen molar-refractivity contribution in [1.82, 2.24) is 15.1 Å². The van der Waals surface area contributed by atoms with Gasteiger partial charge in [-0.3, -0.25) is 9.48 Å². The van der Waals surface area contributed by atoms with E-state index in [4.69, 9.17) is 0 Å². The van der Waals surface area contributed by atoms with E-state index in [-0.39, 0.29) is 23.5 Å². The highest BCUT2D eigenvalue weighted by Gasteiger charge is 2.30. The number of nitrogens with zero attached hydrogens (tertiary/aromatic N) is 2. The van der Waals surface area contributed by atoms with Crippen molar-refractivity contribution in [2.75, 3.05) is 11.5 Å². The molecule has 6 nitrogen and oxygen atoms in total. The molecular weight excluding hydrogens is 322 g/mol. The van der Waals surface area contributed by atoms with Crippen molar-refractivity contribution in [2.45, 2.75) is 25.9 Å². The largest absolute Gasteiger partial charge is 0.347 e. The molecule has 1 atom stereocenters. The molecule has 0 spiro atoms. The Labute approximate surface area is 114 Å². The zero-order valence-electron chi connectivity index (χ0n) is 9.89. The quantitative estimate of drug-likeness (QED) is 0.876. The van der Waals surface area contributed by atoms with Crippen LogP contribution in [0.1, 0.15) is 23.8 Å². The van der Waals surface area contributed by atoms with Crippen molar-refractivity contribution in [1.29, 1.82) is 0 Å². The summed E-state index contributed by atoms with van der Waals surface area (Å²) in [6, 6.07) is -0.304. The number of rotatable bonds is 3. The zero-order valence-corrected chi connectivity index (χ0v) is 12.3. The first-order chi connectivity index (χ1) is 8.41. The zero-order chi connectivity index (χ0) is 13.3. The third-order valence-electron chi connectivity index (χ3n) is 2.82. The molecule has 1 aliphatic rings. The summed E-state index contributed by atoms with van der Waals surface area (Å²) in [4.78, 5) is 12.0. The molecule has 0 saturated carbocycles. The van der Waals surface area contributed by atoms with E-state index in [2.05, 4.69) is 26.3 Å². The minimum atomic E-state index is -2.98. The SMILES string of the molecule is CCn1cc(Br)c(C(=O)N[C@H]2CCS(=O)(=O)C2)n1. The van der Waals surface area contributed by atoms with Gasteiger partial charge in [-0.2, -0.15) is 5.10 Å². The molecule has 1 aromatic heterocycles. The highest BCUT2D eigenvalue weighted by atomic mass is 79.9. The second kappa shape index (κ2) is 5.00. The fraction of sp³-hybridized carbons (Fsp3) is 0.600. The summed E-state index contributed by atoms with van der Waals surface area (Å²) >= 11 is 3.27. The van der Waals surface area contributed by atoms with E-state index in [0.717, 1.165) is 0 Å². The average Bonchev–Trinajstić information content (AvgIpc) is 2.81. The van der Waals surface area contributed by atoms with Gasteiger partial charge in [-0.15, -0.1) is 0 Å². The smallest absolute Gasteiger partial charge is 0.273 e. The van der Waals surface area contributed by atoms with E-state index in [1.54, 1.807) is 10.9 Å². The predicted octanol–water partition coefficient (Wildman–Crippen LogP) is 0.582. The second-order valence-electron chi connectivity index (χ2n) is 4.25. The van der Waals surface area contributed by atoms with Gasteiger partial charge in [-0.25, -0.2) is 8.42 Å². The third kappa shape index (κ3) is 2.92. The van der Waals surface area contributed by atoms with Gasteiger partial charge in [-0.1, -0.05) is 0 Å². The maximum absolute atomic E-state index is 12.0. The molecule has 0 unspecified atom stereocenters. The summed E-state index contributed by atoms with van der Waals surface area (Å²) in [6.07, 6.45) is 2.19. The minimum Gasteiger partial charge on any atom is -0.347 e. The molecule has 1 fully saturated rings. The van der Waals surface area contributed by atoms with Crippen LogP contribution in [0.15, 0.2) is 10.7 Å². The first-order valence-electron chi connectivity index (χ1n) is 5.65. The Kier molecular flexibility index (Phi) is 3.76. The molecule has 18 heavy (non-hydrogen) atoms. The van der Waals surface area contributed by atoms with E-state index in [0.29, 0.717) is 23.1 Å². The number of hydrogen-bond acceptors (Lipinski definition) is 4. The molecule has 1 aliphatic heterocycles. The van der Waals surface area contributed by atoms with Gasteiger partial charge in [0.2, 0.25) is 0 Å². The van der Waals surface area contributed by atoms with Crippen molar-refractivity contribution >= 4 is 31.7 Å². The molecule has 100 valence electrons. The fourth-order valence-electron chi connectivity index (χ4n) is 1.88. The maximum atomic E-state index is 12.0. The van der Waals surface area contributed by atoms with Gasteiger partial charge in [0.05, 0.1) is 16.0 Å². The van der Waals surface area contributed by atoms with Crippen molar-refractivity contribution < 1.29 is 13.2 Å². The molecule has 0 bridgehead atoms. The molecule has 8 heteroatoms. The molecule has 1 aromatic rings. The Morgan fingerprint density at radius 2 is 2.39 bits per heavy atom. The molecule has 2 rings (SSSR count). The van der Waals surface area contributed by atoms with Gasteiger partial charge >= 0.3 is 0 Å². The highest BCUT2D eigenvalue weighted by molar-refractivity contribution is 9.10. The van der Waals surface area contributed by atoms with Crippen LogP contribution >= 0.6 is 15.9 Å². The van der Waals surface area contributed by atoms with Crippen LogP contribution in [0.2, 0.25) is 0 Å². The molecule has 0 radical (unpaired) electrons. The number of aryl methyl sites for hydroxylation is 1. The number of aromatic nitrogens is 2. The summed E-state index contributed by atoms with van der Waals surface area (Å²) in [5.74, 6) is -0.177. The van der Waals surface area contributed by atoms with Gasteiger partial charge in [0.1, 0.15) is 0 Å². The number of halogens is 1. The highest BCUT2D eigenvalue weighted by Crippen LogP contribution is 2.16. The van der Waals surface area contributed by atoms with Crippen LogP contribution < -0.4 is 5.32 Å². The van der Waals surface area contributed by atoms with Crippen molar-refractivity contribution in [3.05, 3.63) is 16.4 Å². The summed E-state index contributed by atoms with van der Waals surface area (Å²) in [5.41, 5.74) is 0.293. The fourth-order valence-corrected chi connectivity index (χ4v) is 4.04. The average molecular weight is 336 g/mol. The van der Waals surface area contributed by atoms with E-state index in [9.17, 15) is 13.2 Å². The number of amides is 1. The summed E-state index contributed by atoms with van der Waals surface area (Å²) in [5, 5.41) is 6.82. The summed E-state index contributed by atoms with van der Waals surface area (Å²) in [7, 11) is -2.98. The van der Waals surface area contributed by atoms with Crippen LogP contribution in [0.3, 0.4) is 0 Å². The van der Waals surface area contributed by atoms with Crippen LogP contribution in [-0.4, -0.2) is 41.7 Å². The van der Waals surface area contributed by atoms with Crippen molar-refractivity contribution in [3.8, 4) is 0 Å². The Hall–Kier alpha value is -0.890. The lowest BCUT2D eigenvalue weighted by Gasteiger charge is -2.09. The number of nitrogens with one attached hydrogen (secondary N) is 1. The van der Waals surface area contributed by atoms with Crippen LogP contribution in [0.25, 0.3) is 0 Å². The minimum absolute atomic E-state index is 0.0187. The van der Waals surface area contributed by atoms with Gasteiger partial charge in [0, 0.05) is 18.8 Å². The van der Waals surface area contributed by atoms with Gasteiger partial charge in [0.15, 0.2) is 15.5 Å². The Bertz CT molecular complexity index is 567. The number of carbonyl (C=O) groups is 1. The van der Waals surface area contributed by atoms with E-state index in [1.165, 1.54) is 0 Å². The molecule has 1 amide bonds. The van der Waals surface area contributed by atoms with Gasteiger partial charge in [0.25, 0.3) is 5.91 Å². The molecule has 0 aromatic carbocycles. The van der Waals surface area contributed by atoms with E-state index < -0.39 is 9.84 Å². The Balaban J connectivity index is 2.06. The first kappa shape index (κ1) is 13.5. The maximum Gasteiger partial charge on any atom is 0.273 e. The lowest BCUT2D eigenvalue weighted by molar-refractivity contribution is 0.0934. The van der Waals surface area contributed by atoms with Gasteiger partial charge in [-0.05, 0) is 29.3 Å². The van der Waals surface area contributed by atoms with E-state index in [1.807, 2.05) is 6.92 Å². The van der Waals surface area contributed by atoms with Crippen LogP contribution in [-0.2, 0) is 16.4 Å². The first-order valence-corrected chi connectivity index (χ1v) is 8.27. The molecule has 1 N–H and O–H groups in total. The molecular formula is C10H14BrN3O3S. The third-order valence-corrected chi connectivity index (χ3v) is 5.17. The van der Waals surface area contributed by atoms with Crippen LogP contribution in [0.4, 0.5) is 0 Å². The lowest BCUT2D eigenvalue weighted by Crippen LogP contribution is -2.36. The Morgan fingerprint density at radius 1 is 1.67 bits per heavy atom. The van der Waals surface area contributed by atoms with E-state index >= 15 is 0 Å². The van der Waals surface area contributed by atoms with Crippen LogP contribution in [0, 0.1) is 0 Å². The molecule has 1 saturated heterocycles. The molecule has 0 aliphatic carbocycles. The summed E-state index contributed by atoms with van der Waals surface area (Å²) < 4.78 is 24.8. The number of carbonyl (C=O) groups excluding carboxylic acids is 1. The van der Waals surface area contributed by atoms with Crippen LogP contribution in [0.5, 0.6) is 0 Å². The standard InChI is InChI=1S/C10H14BrN3O3S/c1-2-14-5-8(11)9(13-14)10(15)12-7-3-4-18(16,17)6-7/h5,7H,2-4,6H2,1H3,(H,12,15)/t7-/m0/s1. The van der Waals surface area contributed by atoms with Gasteiger partial charge < -0.3 is 5.32 Å². The number of hydrogen-bond donors (Lipinski definition) is 1. The topological polar surface area (TPSA) is 81.1 Å². The second-order valence-corrected chi connectivity index (χ2v) is 7.34. The predicted molar refractivity (Wildman–Crippen MR) is 70.1 cm³/mol. The van der Waals surface area contributed by atoms with Crippen molar-refractivity contribution in [3.63, 3.8) is 0 Å². The Morgan fingerprint density at radius 3 is 2.89 bits per heavy atom. The number of sulfone groups is 1. The normalized spacial score (nSPS) is 22.0.